The monoisotopic (exact) mass is 610 g/mol. The van der Waals surface area contributed by atoms with E-state index in [1.54, 1.807) is 48.5 Å². The first-order valence-electron chi connectivity index (χ1n) is 13.5. The van der Waals surface area contributed by atoms with Gasteiger partial charge in [0.25, 0.3) is 0 Å². The van der Waals surface area contributed by atoms with E-state index < -0.39 is 32.1 Å². The molecule has 8 nitrogen and oxygen atoms in total. The molecule has 0 bridgehead atoms. The Bertz CT molecular complexity index is 1460. The molecule has 0 radical (unpaired) electrons. The van der Waals surface area contributed by atoms with E-state index in [2.05, 4.69) is 9.44 Å². The fraction of sp³-hybridized carbons (Fsp3) is 0.250. The number of hydrogen-bond acceptors (Lipinski definition) is 6. The molecular weight excluding hydrogens is 572 g/mol. The number of aliphatic hydroxyl groups excluding tert-OH is 2. The van der Waals surface area contributed by atoms with Gasteiger partial charge in [-0.25, -0.2) is 26.3 Å². The zero-order valence-electron chi connectivity index (χ0n) is 23.7. The van der Waals surface area contributed by atoms with Gasteiger partial charge in [-0.2, -0.15) is 0 Å². The minimum atomic E-state index is -3.62. The molecule has 0 saturated heterocycles. The number of aryl methyl sites for hydroxylation is 2. The SMILES string of the molecule is Cc1ccc(S(=O)(=O)N[C@H](CO)Cc2ccccc2)cc1.Cc1ccc(S(=O)(=O)N[C@H](CO)Cc2ccccc2)cc1. The normalized spacial score (nSPS) is 13.0. The second kappa shape index (κ2) is 15.7. The van der Waals surface area contributed by atoms with Crippen LogP contribution in [0.1, 0.15) is 22.3 Å². The largest absolute Gasteiger partial charge is 0.395 e. The summed E-state index contributed by atoms with van der Waals surface area (Å²) in [5.74, 6) is 0. The lowest BCUT2D eigenvalue weighted by Gasteiger charge is -2.16. The van der Waals surface area contributed by atoms with Crippen molar-refractivity contribution in [3.8, 4) is 0 Å². The van der Waals surface area contributed by atoms with E-state index in [1.807, 2.05) is 74.5 Å². The van der Waals surface area contributed by atoms with Crippen LogP contribution in [-0.2, 0) is 32.9 Å². The third-order valence-corrected chi connectivity index (χ3v) is 9.47. The fourth-order valence-electron chi connectivity index (χ4n) is 4.09. The lowest BCUT2D eigenvalue weighted by Crippen LogP contribution is -2.39. The zero-order valence-corrected chi connectivity index (χ0v) is 25.4. The van der Waals surface area contributed by atoms with Crippen molar-refractivity contribution in [2.45, 2.75) is 48.6 Å². The van der Waals surface area contributed by atoms with Crippen LogP contribution in [0.2, 0.25) is 0 Å². The van der Waals surface area contributed by atoms with Crippen molar-refractivity contribution in [1.82, 2.24) is 9.44 Å². The summed E-state index contributed by atoms with van der Waals surface area (Å²) in [6.07, 6.45) is 0.894. The molecule has 4 rings (SSSR count). The van der Waals surface area contributed by atoms with Crippen molar-refractivity contribution in [2.24, 2.45) is 0 Å². The second-order valence-electron chi connectivity index (χ2n) is 10.0. The summed E-state index contributed by atoms with van der Waals surface area (Å²) in [6.45, 7) is 3.30. The predicted molar refractivity (Wildman–Crippen MR) is 165 cm³/mol. The highest BCUT2D eigenvalue weighted by Gasteiger charge is 2.21. The van der Waals surface area contributed by atoms with Crippen LogP contribution in [0.5, 0.6) is 0 Å². The first kappa shape index (κ1) is 33.1. The Labute approximate surface area is 249 Å². The summed E-state index contributed by atoms with van der Waals surface area (Å²) in [6, 6.07) is 31.1. The van der Waals surface area contributed by atoms with E-state index in [-0.39, 0.29) is 23.0 Å². The van der Waals surface area contributed by atoms with Gasteiger partial charge in [0.05, 0.1) is 23.0 Å². The van der Waals surface area contributed by atoms with Crippen molar-refractivity contribution in [2.75, 3.05) is 13.2 Å². The lowest BCUT2D eigenvalue weighted by molar-refractivity contribution is 0.256. The average molecular weight is 611 g/mol. The minimum Gasteiger partial charge on any atom is -0.395 e. The third kappa shape index (κ3) is 10.5. The number of hydrogen-bond donors (Lipinski definition) is 4. The van der Waals surface area contributed by atoms with Gasteiger partial charge in [0.2, 0.25) is 20.0 Å². The Morgan fingerprint density at radius 3 is 1.12 bits per heavy atom. The van der Waals surface area contributed by atoms with Crippen LogP contribution in [0.25, 0.3) is 0 Å². The highest BCUT2D eigenvalue weighted by Crippen LogP contribution is 2.13. The molecule has 4 N–H and O–H groups in total. The highest BCUT2D eigenvalue weighted by atomic mass is 32.2. The van der Waals surface area contributed by atoms with Crippen LogP contribution in [0.3, 0.4) is 0 Å². The zero-order chi connectivity index (χ0) is 30.6. The van der Waals surface area contributed by atoms with E-state index in [4.69, 9.17) is 0 Å². The van der Waals surface area contributed by atoms with Crippen LogP contribution in [-0.4, -0.2) is 52.3 Å². The molecule has 4 aromatic rings. The van der Waals surface area contributed by atoms with Crippen LogP contribution in [0.4, 0.5) is 0 Å². The summed E-state index contributed by atoms with van der Waals surface area (Å²) >= 11 is 0. The number of aliphatic hydroxyl groups is 2. The average Bonchev–Trinajstić information content (AvgIpc) is 2.98. The van der Waals surface area contributed by atoms with Gasteiger partial charge in [-0.15, -0.1) is 0 Å². The predicted octanol–water partition coefficient (Wildman–Crippen LogP) is 3.75. The molecule has 0 saturated carbocycles. The molecule has 2 atom stereocenters. The number of sulfonamides is 2. The number of rotatable bonds is 12. The molecule has 0 aliphatic carbocycles. The van der Waals surface area contributed by atoms with Crippen molar-refractivity contribution in [3.05, 3.63) is 131 Å². The minimum absolute atomic E-state index is 0.208. The number of nitrogens with one attached hydrogen (secondary N) is 2. The number of benzene rings is 4. The van der Waals surface area contributed by atoms with Crippen LogP contribution < -0.4 is 9.44 Å². The van der Waals surface area contributed by atoms with Crippen molar-refractivity contribution >= 4 is 20.0 Å². The Hall–Kier alpha value is -3.38. The highest BCUT2D eigenvalue weighted by molar-refractivity contribution is 7.89. The summed E-state index contributed by atoms with van der Waals surface area (Å²) in [5, 5.41) is 18.8. The summed E-state index contributed by atoms with van der Waals surface area (Å²) in [4.78, 5) is 0.416. The smallest absolute Gasteiger partial charge is 0.240 e. The van der Waals surface area contributed by atoms with Gasteiger partial charge in [-0.05, 0) is 62.1 Å². The van der Waals surface area contributed by atoms with Crippen LogP contribution in [0, 0.1) is 13.8 Å². The molecule has 0 aliphatic heterocycles. The van der Waals surface area contributed by atoms with Crippen LogP contribution in [0.15, 0.2) is 119 Å². The van der Waals surface area contributed by atoms with Crippen molar-refractivity contribution < 1.29 is 27.0 Å². The van der Waals surface area contributed by atoms with Gasteiger partial charge >= 0.3 is 0 Å². The lowest BCUT2D eigenvalue weighted by atomic mass is 10.1. The molecule has 224 valence electrons. The Morgan fingerprint density at radius 2 is 0.833 bits per heavy atom. The van der Waals surface area contributed by atoms with E-state index in [1.165, 1.54) is 0 Å². The molecule has 0 aromatic heterocycles. The maximum atomic E-state index is 12.3. The summed E-state index contributed by atoms with van der Waals surface area (Å²) in [7, 11) is -7.24. The van der Waals surface area contributed by atoms with Gasteiger partial charge < -0.3 is 10.2 Å². The van der Waals surface area contributed by atoms with E-state index >= 15 is 0 Å². The van der Waals surface area contributed by atoms with Crippen molar-refractivity contribution in [3.63, 3.8) is 0 Å². The molecule has 0 spiro atoms. The Morgan fingerprint density at radius 1 is 0.524 bits per heavy atom. The molecular formula is C32H38N2O6S2. The molecule has 0 amide bonds. The van der Waals surface area contributed by atoms with Crippen molar-refractivity contribution in [1.29, 1.82) is 0 Å². The van der Waals surface area contributed by atoms with Gasteiger partial charge in [0.15, 0.2) is 0 Å². The van der Waals surface area contributed by atoms with E-state index in [0.717, 1.165) is 22.3 Å². The quantitative estimate of drug-likeness (QED) is 0.193. The maximum Gasteiger partial charge on any atom is 0.240 e. The summed E-state index contributed by atoms with van der Waals surface area (Å²) in [5.41, 5.74) is 3.94. The Balaban J connectivity index is 0.000000230. The Kier molecular flexibility index (Phi) is 12.4. The maximum absolute atomic E-state index is 12.3. The van der Waals surface area contributed by atoms with Gasteiger partial charge in [-0.3, -0.25) is 0 Å². The standard InChI is InChI=1S/2C16H19NO3S/c2*1-13-7-9-16(10-8-13)21(19,20)17-15(12-18)11-14-5-3-2-4-6-14/h2*2-10,15,17-18H,11-12H2,1H3/t2*15-/m00/s1. The topological polar surface area (TPSA) is 133 Å². The molecule has 4 aromatic carbocycles. The van der Waals surface area contributed by atoms with Gasteiger partial charge in [-0.1, -0.05) is 96.1 Å². The molecule has 0 fully saturated rings. The second-order valence-corrected chi connectivity index (χ2v) is 13.4. The van der Waals surface area contributed by atoms with Gasteiger partial charge in [0.1, 0.15) is 0 Å². The first-order chi connectivity index (χ1) is 20.0. The summed E-state index contributed by atoms with van der Waals surface area (Å²) < 4.78 is 54.2. The van der Waals surface area contributed by atoms with E-state index in [9.17, 15) is 27.0 Å². The van der Waals surface area contributed by atoms with E-state index in [0.29, 0.717) is 12.8 Å². The molecule has 0 heterocycles. The molecule has 10 heteroatoms. The third-order valence-electron chi connectivity index (χ3n) is 6.40. The van der Waals surface area contributed by atoms with Crippen LogP contribution >= 0.6 is 0 Å². The van der Waals surface area contributed by atoms with Gasteiger partial charge in [0, 0.05) is 12.1 Å². The first-order valence-corrected chi connectivity index (χ1v) is 16.5. The molecule has 42 heavy (non-hydrogen) atoms. The fourth-order valence-corrected chi connectivity index (χ4v) is 6.55. The molecule has 0 aliphatic rings. The molecule has 0 unspecified atom stereocenters.